The minimum Gasteiger partial charge on any atom is -0.466 e. The molecule has 1 saturated heterocycles. The van der Waals surface area contributed by atoms with Crippen molar-refractivity contribution in [3.63, 3.8) is 0 Å². The van der Waals surface area contributed by atoms with E-state index in [0.29, 0.717) is 25.5 Å². The lowest BCUT2D eigenvalue weighted by Crippen LogP contribution is -2.40. The fourth-order valence-electron chi connectivity index (χ4n) is 6.16. The van der Waals surface area contributed by atoms with Crippen molar-refractivity contribution >= 4 is 17.9 Å². The minimum atomic E-state index is -0.526. The van der Waals surface area contributed by atoms with E-state index in [4.69, 9.17) is 14.5 Å². The van der Waals surface area contributed by atoms with E-state index in [-0.39, 0.29) is 18.0 Å². The Kier molecular flexibility index (Phi) is 11.2. The summed E-state index contributed by atoms with van der Waals surface area (Å²) in [7, 11) is 0. The van der Waals surface area contributed by atoms with Gasteiger partial charge in [0, 0.05) is 18.8 Å². The third-order valence-corrected chi connectivity index (χ3v) is 8.13. The first kappa shape index (κ1) is 31.0. The molecule has 1 aromatic carbocycles. The fourth-order valence-corrected chi connectivity index (χ4v) is 6.16. The Bertz CT molecular complexity index is 1130. The number of hydrogen-bond acceptors (Lipinski definition) is 6. The number of piperidine rings is 1. The second-order valence-electron chi connectivity index (χ2n) is 12.6. The molecule has 0 aliphatic carbocycles. The molecule has 1 aromatic heterocycles. The highest BCUT2D eigenvalue weighted by atomic mass is 16.6. The van der Waals surface area contributed by atoms with Crippen LogP contribution in [0.1, 0.15) is 95.4 Å². The zero-order valence-electron chi connectivity index (χ0n) is 25.6. The van der Waals surface area contributed by atoms with E-state index in [2.05, 4.69) is 41.3 Å². The van der Waals surface area contributed by atoms with Gasteiger partial charge in [-0.3, -0.25) is 9.69 Å². The number of aromatic nitrogens is 1. The van der Waals surface area contributed by atoms with Gasteiger partial charge in [-0.25, -0.2) is 9.78 Å². The van der Waals surface area contributed by atoms with E-state index >= 15 is 0 Å². The second kappa shape index (κ2) is 14.8. The quantitative estimate of drug-likeness (QED) is 0.276. The maximum absolute atomic E-state index is 12.8. The van der Waals surface area contributed by atoms with Gasteiger partial charge in [-0.15, -0.1) is 0 Å². The van der Waals surface area contributed by atoms with Gasteiger partial charge in [0.2, 0.25) is 0 Å². The molecule has 1 fully saturated rings. The summed E-state index contributed by atoms with van der Waals surface area (Å²) in [5.41, 5.74) is 2.87. The zero-order valence-corrected chi connectivity index (χ0v) is 25.6. The Morgan fingerprint density at radius 1 is 1.07 bits per heavy atom. The van der Waals surface area contributed by atoms with Crippen LogP contribution in [0.15, 0.2) is 42.5 Å². The molecule has 0 saturated carbocycles. The van der Waals surface area contributed by atoms with E-state index in [1.165, 1.54) is 18.4 Å². The lowest BCUT2D eigenvalue weighted by molar-refractivity contribution is -0.143. The summed E-state index contributed by atoms with van der Waals surface area (Å²) in [6.07, 6.45) is 8.57. The smallest absolute Gasteiger partial charge is 0.416 e. The van der Waals surface area contributed by atoms with Crippen LogP contribution in [0, 0.1) is 5.92 Å². The predicted octanol–water partition coefficient (Wildman–Crippen LogP) is 6.93. The Balaban J connectivity index is 1.28. The number of ether oxygens (including phenoxy) is 2. The number of pyridine rings is 1. The SMILES string of the molecule is CCOC(=O)CC(CC[C@@H]1CCCN(CCCc2ccc3c(n2)N(C(=O)OC(C)(C)C)CCC3)C1)c1ccccc1. The van der Waals surface area contributed by atoms with Crippen molar-refractivity contribution in [2.45, 2.75) is 97.0 Å². The van der Waals surface area contributed by atoms with Gasteiger partial charge >= 0.3 is 12.1 Å². The summed E-state index contributed by atoms with van der Waals surface area (Å²) in [4.78, 5) is 34.4. The standard InChI is InChI=1S/C34H49N3O4/c1-5-40-31(38)24-29(27-13-7-6-8-14-27)18-17-26-12-9-21-36(25-26)22-11-16-30-20-19-28-15-10-23-37(32(28)35-30)33(39)41-34(2,3)4/h6-8,13-14,19-20,26,29H,5,9-12,15-18,21-25H2,1-4H3/t26-,29?/m0/s1. The van der Waals surface area contributed by atoms with Gasteiger partial charge in [0.15, 0.2) is 0 Å². The average molecular weight is 564 g/mol. The number of aryl methyl sites for hydroxylation is 2. The van der Waals surface area contributed by atoms with Crippen LogP contribution < -0.4 is 4.90 Å². The Hall–Kier alpha value is -2.93. The number of fused-ring (bicyclic) bond motifs is 1. The van der Waals surface area contributed by atoms with Crippen LogP contribution in [0.4, 0.5) is 10.6 Å². The molecule has 0 bridgehead atoms. The van der Waals surface area contributed by atoms with Crippen molar-refractivity contribution in [2.24, 2.45) is 5.92 Å². The first-order valence-electron chi connectivity index (χ1n) is 15.6. The van der Waals surface area contributed by atoms with Crippen LogP contribution in [0.3, 0.4) is 0 Å². The molecular weight excluding hydrogens is 514 g/mol. The van der Waals surface area contributed by atoms with Crippen LogP contribution in [0.5, 0.6) is 0 Å². The van der Waals surface area contributed by atoms with Crippen molar-refractivity contribution < 1.29 is 19.1 Å². The van der Waals surface area contributed by atoms with Crippen LogP contribution in [0.2, 0.25) is 0 Å². The van der Waals surface area contributed by atoms with Crippen molar-refractivity contribution in [1.82, 2.24) is 9.88 Å². The maximum atomic E-state index is 12.8. The molecule has 1 amide bonds. The van der Waals surface area contributed by atoms with Crippen molar-refractivity contribution in [2.75, 3.05) is 37.7 Å². The van der Waals surface area contributed by atoms with Gasteiger partial charge in [0.25, 0.3) is 0 Å². The molecule has 7 nitrogen and oxygen atoms in total. The normalized spacial score (nSPS) is 18.4. The van der Waals surface area contributed by atoms with Crippen LogP contribution >= 0.6 is 0 Å². The number of nitrogens with zero attached hydrogens (tertiary/aromatic N) is 3. The third-order valence-electron chi connectivity index (χ3n) is 8.13. The highest BCUT2D eigenvalue weighted by Crippen LogP contribution is 2.31. The number of anilines is 1. The van der Waals surface area contributed by atoms with Gasteiger partial charge in [0.1, 0.15) is 11.4 Å². The molecule has 3 heterocycles. The molecule has 224 valence electrons. The highest BCUT2D eigenvalue weighted by Gasteiger charge is 2.29. The largest absolute Gasteiger partial charge is 0.466 e. The summed E-state index contributed by atoms with van der Waals surface area (Å²) in [6, 6.07) is 14.7. The molecule has 7 heteroatoms. The topological polar surface area (TPSA) is 72.0 Å². The van der Waals surface area contributed by atoms with E-state index in [1.54, 1.807) is 4.90 Å². The molecule has 0 radical (unpaired) electrons. The van der Waals surface area contributed by atoms with E-state index in [1.807, 2.05) is 33.8 Å². The lowest BCUT2D eigenvalue weighted by Gasteiger charge is -2.33. The first-order chi connectivity index (χ1) is 19.7. The minimum absolute atomic E-state index is 0.100. The molecule has 1 unspecified atom stereocenters. The van der Waals surface area contributed by atoms with Crippen molar-refractivity contribution in [3.8, 4) is 0 Å². The average Bonchev–Trinajstić information content (AvgIpc) is 2.95. The van der Waals surface area contributed by atoms with Gasteiger partial charge in [-0.05, 0) is 121 Å². The van der Waals surface area contributed by atoms with E-state index in [9.17, 15) is 9.59 Å². The van der Waals surface area contributed by atoms with Gasteiger partial charge in [0.05, 0.1) is 13.0 Å². The summed E-state index contributed by atoms with van der Waals surface area (Å²) in [5.74, 6) is 1.54. The fraction of sp³-hybridized carbons (Fsp3) is 0.618. The molecule has 2 aliphatic rings. The molecule has 0 spiro atoms. The number of hydrogen-bond donors (Lipinski definition) is 0. The molecule has 0 N–H and O–H groups in total. The first-order valence-corrected chi connectivity index (χ1v) is 15.6. The van der Waals surface area contributed by atoms with Crippen LogP contribution in [0.25, 0.3) is 0 Å². The lowest BCUT2D eigenvalue weighted by atomic mass is 9.85. The predicted molar refractivity (Wildman–Crippen MR) is 163 cm³/mol. The summed E-state index contributed by atoms with van der Waals surface area (Å²) in [6.45, 7) is 12.0. The van der Waals surface area contributed by atoms with Crippen LogP contribution in [-0.2, 0) is 27.1 Å². The van der Waals surface area contributed by atoms with Gasteiger partial charge in [-0.1, -0.05) is 36.4 Å². The molecular formula is C34H49N3O4. The number of amides is 1. The number of esters is 1. The number of rotatable bonds is 11. The highest BCUT2D eigenvalue weighted by molar-refractivity contribution is 5.88. The molecule has 41 heavy (non-hydrogen) atoms. The van der Waals surface area contributed by atoms with Crippen molar-refractivity contribution in [3.05, 3.63) is 59.3 Å². The molecule has 2 atom stereocenters. The van der Waals surface area contributed by atoms with Gasteiger partial charge < -0.3 is 14.4 Å². The summed E-state index contributed by atoms with van der Waals surface area (Å²) in [5, 5.41) is 0. The number of carbonyl (C=O) groups is 2. The number of likely N-dealkylation sites (tertiary alicyclic amines) is 1. The second-order valence-corrected chi connectivity index (χ2v) is 12.6. The van der Waals surface area contributed by atoms with Crippen LogP contribution in [-0.4, -0.2) is 60.3 Å². The molecule has 2 aromatic rings. The Labute approximate surface area is 246 Å². The summed E-state index contributed by atoms with van der Waals surface area (Å²) >= 11 is 0. The van der Waals surface area contributed by atoms with Crippen molar-refractivity contribution in [1.29, 1.82) is 0 Å². The maximum Gasteiger partial charge on any atom is 0.416 e. The molecule has 2 aliphatic heterocycles. The number of carbonyl (C=O) groups excluding carboxylic acids is 2. The van der Waals surface area contributed by atoms with E-state index < -0.39 is 5.60 Å². The Morgan fingerprint density at radius 3 is 2.63 bits per heavy atom. The Morgan fingerprint density at radius 2 is 1.88 bits per heavy atom. The third kappa shape index (κ3) is 9.56. The van der Waals surface area contributed by atoms with Gasteiger partial charge in [-0.2, -0.15) is 0 Å². The summed E-state index contributed by atoms with van der Waals surface area (Å²) < 4.78 is 10.9. The van der Waals surface area contributed by atoms with E-state index in [0.717, 1.165) is 75.2 Å². The number of benzene rings is 1. The monoisotopic (exact) mass is 563 g/mol. The zero-order chi connectivity index (χ0) is 29.2. The molecule has 4 rings (SSSR count).